The SMILES string of the molecule is C=C(I)I.CC(C)(Cl)CCC(C)(C)Cl.CC(C)(O)CCC(C)(C)O.COC(=O)c1ccc(CCl)o1.COC(=O)c1ccc(Cc2cc3c(cc2C)C(C)(C)CCC3(C)C)o1.Cc1cc2c(cc1Cc1ccc(C(=O)Cl)o1)C(C)(C)CCC2(C)C.Cc1ccc2c(c1)C(C)(C)CCC2(C)C.Cc1ccccc1.O=S(Cl)Cl.[Cl][Al]([Cl])[Cl].[Li+].[OH-]. The van der Waals surface area contributed by atoms with Crippen molar-refractivity contribution in [2.75, 3.05) is 14.2 Å². The number of alkyl halides is 3. The van der Waals surface area contributed by atoms with Crippen LogP contribution in [-0.4, -0.2) is 83.6 Å². The number of carbonyl (C=O) groups excluding carboxylic acids is 3. The monoisotopic (exact) mass is 2030 g/mol. The van der Waals surface area contributed by atoms with Gasteiger partial charge in [0.2, 0.25) is 20.7 Å². The van der Waals surface area contributed by atoms with Gasteiger partial charge >= 0.3 is 42.2 Å². The minimum absolute atomic E-state index is 0. The molecule has 0 radical (unpaired) electrons. The van der Waals surface area contributed by atoms with Crippen LogP contribution in [-0.2, 0) is 69.9 Å². The third kappa shape index (κ3) is 45.3. The van der Waals surface area contributed by atoms with E-state index in [1.54, 1.807) is 57.0 Å². The van der Waals surface area contributed by atoms with Crippen molar-refractivity contribution in [2.45, 2.75) is 303 Å². The largest absolute Gasteiger partial charge is 1.00 e. The molecular formula is C90H127AlCl9I2LiO12S. The van der Waals surface area contributed by atoms with Crippen LogP contribution in [0.1, 0.15) is 318 Å². The van der Waals surface area contributed by atoms with E-state index in [1.165, 1.54) is 114 Å². The Kier molecular flexibility index (Phi) is 51.8. The van der Waals surface area contributed by atoms with Gasteiger partial charge in [0.25, 0.3) is 5.24 Å². The number of benzene rings is 4. The van der Waals surface area contributed by atoms with Crippen LogP contribution in [0.3, 0.4) is 0 Å². The fraction of sp³-hybridized carbons (Fsp3) is 0.544. The smallest absolute Gasteiger partial charge is 0.870 e. The van der Waals surface area contributed by atoms with E-state index in [9.17, 15) is 24.6 Å². The molecule has 0 fully saturated rings. The van der Waals surface area contributed by atoms with E-state index in [1.807, 2.05) is 58.0 Å². The summed E-state index contributed by atoms with van der Waals surface area (Å²) in [6.45, 7) is 55.4. The average molecular weight is 2040 g/mol. The Morgan fingerprint density at radius 2 is 0.759 bits per heavy atom. The summed E-state index contributed by atoms with van der Waals surface area (Å²) in [5, 5.41) is 18.0. The van der Waals surface area contributed by atoms with Crippen LogP contribution in [0.5, 0.6) is 0 Å². The van der Waals surface area contributed by atoms with Gasteiger partial charge < -0.3 is 38.4 Å². The topological polar surface area (TPSA) is 197 Å². The maximum Gasteiger partial charge on any atom is 1.00 e. The number of esters is 2. The van der Waals surface area contributed by atoms with Crippen molar-refractivity contribution in [3.8, 4) is 0 Å². The third-order valence-corrected chi connectivity index (χ3v) is 20.9. The molecule has 12 nitrogen and oxygen atoms in total. The molecule has 646 valence electrons. The molecule has 0 atom stereocenters. The average Bonchev–Trinajstić information content (AvgIpc) is 1.01. The van der Waals surface area contributed by atoms with Crippen molar-refractivity contribution in [3.63, 3.8) is 0 Å². The van der Waals surface area contributed by atoms with E-state index in [4.69, 9.17) is 98.7 Å². The number of rotatable bonds is 14. The van der Waals surface area contributed by atoms with Crippen molar-refractivity contribution in [2.24, 2.45) is 0 Å². The van der Waals surface area contributed by atoms with Crippen molar-refractivity contribution in [1.29, 1.82) is 0 Å². The summed E-state index contributed by atoms with van der Waals surface area (Å²) in [6.07, 6.45) is 12.0. The van der Waals surface area contributed by atoms with Crippen molar-refractivity contribution < 1.29 is 75.9 Å². The first-order valence-electron chi connectivity index (χ1n) is 37.9. The van der Waals surface area contributed by atoms with Crippen molar-refractivity contribution in [3.05, 3.63) is 219 Å². The Morgan fingerprint density at radius 1 is 0.483 bits per heavy atom. The molecule has 0 aliphatic heterocycles. The summed E-state index contributed by atoms with van der Waals surface area (Å²) in [6, 6.07) is 36.8. The third-order valence-electron chi connectivity index (χ3n) is 20.0. The second kappa shape index (κ2) is 51.7. The second-order valence-corrected chi connectivity index (χ2v) is 51.8. The number of aliphatic hydroxyl groups is 2. The van der Waals surface area contributed by atoms with Gasteiger partial charge in [0.1, 0.15) is 17.3 Å². The van der Waals surface area contributed by atoms with Gasteiger partial charge in [-0.2, -0.15) is 0 Å². The zero-order valence-corrected chi connectivity index (χ0v) is 86.5. The van der Waals surface area contributed by atoms with Gasteiger partial charge in [-0.15, -0.1) is 34.8 Å². The molecule has 0 saturated heterocycles. The Hall–Kier alpha value is -1.70. The van der Waals surface area contributed by atoms with Gasteiger partial charge in [0.15, 0.2) is 5.76 Å². The molecule has 0 spiro atoms. The number of aryl methyl sites for hydroxylation is 4. The standard InChI is InChI=1S/C22H28O3.C21H25ClO2.C15H22.C8H16Cl2.C8H18O2.C7H7ClO3.C7H8.C2H2I2.Al.Cl2OS.3ClH.Li.H2O/c1-14-11-17-18(22(4,5)10-9-21(17,2)3)13-15(14)12-16-7-8-19(25-16)20(23)24-6;1-13-10-16-17(21(4,5)9-8-20(16,2)3)12-14(13)11-15-6-7-18(24-15)19(22)23;1-11-6-7-12-13(10-11)15(4,5)9-8-14(12,2)3;2*1-7(2,9)5-6-8(3,4)10;1-10-7(9)6-3-2-5(4-8)11-6;1-7-5-3-2-4-6-7;1-2(3)4;;1-4(2)3;;;;;/h7-8,11,13H,9-10,12H2,1-6H3;6-7,10,12H,8-9,11H2,1-5H3;6-7,10H,8-9H2,1-5H3;5-6H2,1-4H3;9-10H,5-6H2,1-4H3;2-3H,4H2,1H3;2-6H,1H3;1H2;;;3*1H;;1H2/q;;;;;;;;+3;;;;;+1;/p-4. The Morgan fingerprint density at radius 3 is 1.02 bits per heavy atom. The van der Waals surface area contributed by atoms with Crippen LogP contribution in [0, 0.1) is 27.7 Å². The number of halogens is 11. The zero-order chi connectivity index (χ0) is 88.3. The van der Waals surface area contributed by atoms with E-state index in [0.29, 0.717) is 42.3 Å². The minimum atomic E-state index is -1.72. The molecule has 0 bridgehead atoms. The quantitative estimate of drug-likeness (QED) is 0.0344. The maximum absolute atomic E-state index is 11.6. The molecule has 7 aromatic rings. The summed E-state index contributed by atoms with van der Waals surface area (Å²) in [5.41, 5.74) is 17.0. The van der Waals surface area contributed by atoms with Crippen LogP contribution < -0.4 is 18.9 Å². The fourth-order valence-electron chi connectivity index (χ4n) is 12.7. The molecule has 3 N–H and O–H groups in total. The normalized spacial score (nSPS) is 15.1. The first-order chi connectivity index (χ1) is 51.8. The Balaban J connectivity index is 0. The Labute approximate surface area is 783 Å². The summed E-state index contributed by atoms with van der Waals surface area (Å²) in [4.78, 5) is 33.3. The van der Waals surface area contributed by atoms with Crippen LogP contribution in [0.4, 0.5) is 0 Å². The molecule has 3 aliphatic carbocycles. The summed E-state index contributed by atoms with van der Waals surface area (Å²) in [7, 11) is 24.9. The van der Waals surface area contributed by atoms with Gasteiger partial charge in [-0.05, 0) is 329 Å². The molecule has 4 aromatic carbocycles. The van der Waals surface area contributed by atoms with Crippen LogP contribution in [0.25, 0.3) is 0 Å². The molecule has 116 heavy (non-hydrogen) atoms. The van der Waals surface area contributed by atoms with E-state index in [-0.39, 0.29) is 78.9 Å². The first-order valence-corrected chi connectivity index (χ1v) is 49.8. The van der Waals surface area contributed by atoms with Crippen molar-refractivity contribution >= 4 is 181 Å². The number of fused-ring (bicyclic) bond motifs is 3. The molecule has 0 unspecified atom stereocenters. The molecular weight excluding hydrogens is 1910 g/mol. The second-order valence-electron chi connectivity index (χ2n) is 35.5. The molecule has 3 aliphatic rings. The predicted molar refractivity (Wildman–Crippen MR) is 508 cm³/mol. The maximum atomic E-state index is 11.6. The van der Waals surface area contributed by atoms with Gasteiger partial charge in [0, 0.05) is 45.5 Å². The first kappa shape index (κ1) is 116. The van der Waals surface area contributed by atoms with Crippen molar-refractivity contribution in [1.82, 2.24) is 0 Å². The molecule has 10 rings (SSSR count). The molecule has 3 aromatic heterocycles. The fourth-order valence-corrected chi connectivity index (χ4v) is 13.1. The summed E-state index contributed by atoms with van der Waals surface area (Å²) < 4.78 is 35.5. The molecule has 3 heterocycles. The predicted octanol–water partition coefficient (Wildman–Crippen LogP) is 26.4. The molecule has 0 amide bonds. The van der Waals surface area contributed by atoms with Crippen LogP contribution >= 0.6 is 143 Å². The van der Waals surface area contributed by atoms with E-state index < -0.39 is 49.0 Å². The van der Waals surface area contributed by atoms with Gasteiger partial charge in [-0.25, -0.2) is 43.9 Å². The van der Waals surface area contributed by atoms with Gasteiger partial charge in [0.05, 0.1) is 31.3 Å². The van der Waals surface area contributed by atoms with Gasteiger partial charge in [-0.1, -0.05) is 174 Å². The van der Waals surface area contributed by atoms with E-state index >= 15 is 0 Å². The number of methoxy groups -OCH3 is 2. The number of hydrogen-bond donors (Lipinski definition) is 2. The Bertz CT molecular complexity index is 4100. The minimum Gasteiger partial charge on any atom is -0.870 e. The number of hydrogen-bond acceptors (Lipinski definition) is 12. The molecule has 26 heteroatoms. The number of ether oxygens (including phenoxy) is 2. The van der Waals surface area contributed by atoms with E-state index in [2.05, 4.69) is 243 Å². The zero-order valence-electron chi connectivity index (χ0n) is 73.5. The van der Waals surface area contributed by atoms with Gasteiger partial charge in [-0.3, -0.25) is 4.79 Å². The summed E-state index contributed by atoms with van der Waals surface area (Å²) in [5.74, 6) is 2.12. The number of carbonyl (C=O) groups is 3. The van der Waals surface area contributed by atoms with Crippen LogP contribution in [0.15, 0.2) is 131 Å². The summed E-state index contributed by atoms with van der Waals surface area (Å²) >= 11 is 25.4. The van der Waals surface area contributed by atoms with E-state index in [0.717, 1.165) is 25.9 Å². The molecule has 0 saturated carbocycles. The number of furan rings is 3. The van der Waals surface area contributed by atoms with Crippen LogP contribution in [0.2, 0.25) is 0 Å².